The summed E-state index contributed by atoms with van der Waals surface area (Å²) in [7, 11) is 0. The molecule has 296 valence electrons. The highest BCUT2D eigenvalue weighted by atomic mass is 32.1. The topological polar surface area (TPSA) is 21.7 Å². The molecule has 0 N–H and O–H groups in total. The van der Waals surface area contributed by atoms with Crippen molar-refractivity contribution in [1.82, 2.24) is 0 Å². The summed E-state index contributed by atoms with van der Waals surface area (Å²) in [5.41, 5.74) is 18.4. The average molecular weight is 834 g/mol. The van der Waals surface area contributed by atoms with Crippen molar-refractivity contribution in [2.75, 3.05) is 4.90 Å². The fraction of sp³-hybridized carbons (Fsp3) is 0.164. The standard InChI is InChI=1S/C55H41B2NO2S2/c1-54(2,3)29-18-21-31(22-19-29)58-39-14-11-15-40-49(39)56(53-51(58)35-13-8-10-17-45(35)62-53)37-27-38-43(28-42(37)59-40)60-41-25-24-33-36-26-30(55(4,5)6)20-23-32(36)46-47(33)50(41)57(38)52-48(46)34-12-7-9-16-44(34)61-52/h7-28,46H,1-6H3. The van der Waals surface area contributed by atoms with E-state index in [4.69, 9.17) is 9.47 Å². The van der Waals surface area contributed by atoms with E-state index in [2.05, 4.69) is 180 Å². The van der Waals surface area contributed by atoms with E-state index in [1.165, 1.54) is 102 Å². The molecule has 2 aromatic heterocycles. The van der Waals surface area contributed by atoms with E-state index in [-0.39, 0.29) is 30.2 Å². The van der Waals surface area contributed by atoms with Gasteiger partial charge in [-0.3, -0.25) is 0 Å². The lowest BCUT2D eigenvalue weighted by Gasteiger charge is -2.40. The van der Waals surface area contributed by atoms with Gasteiger partial charge < -0.3 is 14.4 Å². The molecule has 1 atom stereocenters. The number of hydrogen-bond acceptors (Lipinski definition) is 5. The third kappa shape index (κ3) is 4.58. The fourth-order valence-corrected chi connectivity index (χ4v) is 14.2. The molecule has 0 fully saturated rings. The van der Waals surface area contributed by atoms with Gasteiger partial charge in [-0.25, -0.2) is 0 Å². The minimum absolute atomic E-state index is 0.00563. The summed E-state index contributed by atoms with van der Waals surface area (Å²) < 4.78 is 19.6. The van der Waals surface area contributed by atoms with Crippen molar-refractivity contribution in [3.05, 3.63) is 161 Å². The SMILES string of the molecule is CC(C)(C)c1ccc(N2c3cccc4c3B(c3cc5c(cc3O4)Oc3ccc4c6c3B5c3sc5ccccc5c3C6c3ccc(C(C)(C)C)cc3-4)c3sc4ccccc4c32)cc1. The summed E-state index contributed by atoms with van der Waals surface area (Å²) in [6.45, 7) is 13.8. The third-order valence-corrected chi connectivity index (χ3v) is 16.9. The van der Waals surface area contributed by atoms with Gasteiger partial charge in [-0.1, -0.05) is 126 Å². The van der Waals surface area contributed by atoms with Crippen molar-refractivity contribution >= 4 is 105 Å². The molecule has 1 unspecified atom stereocenters. The number of anilines is 3. The first-order valence-electron chi connectivity index (χ1n) is 21.9. The molecule has 62 heavy (non-hydrogen) atoms. The van der Waals surface area contributed by atoms with Crippen LogP contribution in [0.4, 0.5) is 17.1 Å². The molecule has 6 heterocycles. The summed E-state index contributed by atoms with van der Waals surface area (Å²) in [6.07, 6.45) is 0. The van der Waals surface area contributed by atoms with E-state index in [9.17, 15) is 0 Å². The summed E-state index contributed by atoms with van der Waals surface area (Å²) in [5.74, 6) is 3.81. The molecule has 0 radical (unpaired) electrons. The second-order valence-electron chi connectivity index (χ2n) is 19.9. The summed E-state index contributed by atoms with van der Waals surface area (Å²) in [4.78, 5) is 2.50. The zero-order valence-corrected chi connectivity index (χ0v) is 37.1. The molecule has 4 aliphatic heterocycles. The Morgan fingerprint density at radius 3 is 1.90 bits per heavy atom. The Morgan fingerprint density at radius 1 is 0.516 bits per heavy atom. The molecular weight excluding hydrogens is 792 g/mol. The first-order chi connectivity index (χ1) is 30.0. The minimum atomic E-state index is -0.00563. The lowest BCUT2D eigenvalue weighted by molar-refractivity contribution is 0.465. The molecular formula is C55H41B2NO2S2. The van der Waals surface area contributed by atoms with Crippen LogP contribution in [0, 0.1) is 0 Å². The highest BCUT2D eigenvalue weighted by molar-refractivity contribution is 7.34. The van der Waals surface area contributed by atoms with Crippen LogP contribution >= 0.6 is 22.7 Å². The van der Waals surface area contributed by atoms with Crippen LogP contribution in [0.2, 0.25) is 0 Å². The molecule has 5 aliphatic rings. The molecule has 0 spiro atoms. The minimum Gasteiger partial charge on any atom is -0.458 e. The monoisotopic (exact) mass is 833 g/mol. The number of rotatable bonds is 1. The predicted octanol–water partition coefficient (Wildman–Crippen LogP) is 11.2. The third-order valence-electron chi connectivity index (χ3n) is 14.4. The molecule has 0 bridgehead atoms. The van der Waals surface area contributed by atoms with Gasteiger partial charge in [0.05, 0.1) is 5.69 Å². The van der Waals surface area contributed by atoms with E-state index in [1.54, 1.807) is 0 Å². The van der Waals surface area contributed by atoms with Crippen LogP contribution in [0.25, 0.3) is 31.3 Å². The Bertz CT molecular complexity index is 3480. The van der Waals surface area contributed by atoms with Crippen molar-refractivity contribution in [3.63, 3.8) is 0 Å². The summed E-state index contributed by atoms with van der Waals surface area (Å²) >= 11 is 3.90. The van der Waals surface area contributed by atoms with Gasteiger partial charge in [-0.2, -0.15) is 0 Å². The van der Waals surface area contributed by atoms with E-state index < -0.39 is 0 Å². The zero-order valence-electron chi connectivity index (χ0n) is 35.5. The van der Waals surface area contributed by atoms with Crippen molar-refractivity contribution < 1.29 is 9.47 Å². The Labute approximate surface area is 370 Å². The normalized spacial score (nSPS) is 15.9. The lowest BCUT2D eigenvalue weighted by Crippen LogP contribution is -2.62. The van der Waals surface area contributed by atoms with Gasteiger partial charge in [-0.05, 0) is 124 Å². The molecule has 0 amide bonds. The Hall–Kier alpha value is -6.01. The Kier molecular flexibility index (Phi) is 6.84. The average Bonchev–Trinajstić information content (AvgIpc) is 3.94. The van der Waals surface area contributed by atoms with Gasteiger partial charge in [-0.15, -0.1) is 22.7 Å². The molecule has 7 heteroatoms. The van der Waals surface area contributed by atoms with Crippen LogP contribution in [0.3, 0.4) is 0 Å². The van der Waals surface area contributed by atoms with E-state index in [1.807, 2.05) is 22.7 Å². The van der Waals surface area contributed by atoms with Gasteiger partial charge in [0.15, 0.2) is 0 Å². The Balaban J connectivity index is 1.01. The maximum atomic E-state index is 7.13. The molecule has 9 aromatic rings. The molecule has 0 saturated heterocycles. The van der Waals surface area contributed by atoms with Crippen molar-refractivity contribution in [3.8, 4) is 34.1 Å². The smallest absolute Gasteiger partial charge is 0.268 e. The second-order valence-corrected chi connectivity index (χ2v) is 22.1. The number of nitrogens with zero attached hydrogens (tertiary/aromatic N) is 1. The van der Waals surface area contributed by atoms with Crippen molar-refractivity contribution in [2.24, 2.45) is 0 Å². The lowest BCUT2D eigenvalue weighted by atomic mass is 9.32. The summed E-state index contributed by atoms with van der Waals surface area (Å²) in [5, 5.41) is 2.66. The molecule has 14 rings (SSSR count). The van der Waals surface area contributed by atoms with Crippen molar-refractivity contribution in [1.29, 1.82) is 0 Å². The van der Waals surface area contributed by atoms with Crippen LogP contribution in [-0.2, 0) is 10.8 Å². The van der Waals surface area contributed by atoms with E-state index in [0.717, 1.165) is 28.7 Å². The maximum Gasteiger partial charge on any atom is 0.268 e. The highest BCUT2D eigenvalue weighted by Crippen LogP contribution is 2.54. The van der Waals surface area contributed by atoms with Crippen LogP contribution in [0.5, 0.6) is 23.0 Å². The number of fused-ring (bicyclic) bond motifs is 16. The van der Waals surface area contributed by atoms with Crippen molar-refractivity contribution in [2.45, 2.75) is 58.3 Å². The van der Waals surface area contributed by atoms with E-state index in [0.29, 0.717) is 0 Å². The first kappa shape index (κ1) is 35.6. The largest absolute Gasteiger partial charge is 0.458 e. The van der Waals surface area contributed by atoms with Crippen LogP contribution in [-0.4, -0.2) is 13.4 Å². The zero-order chi connectivity index (χ0) is 41.6. The van der Waals surface area contributed by atoms with Gasteiger partial charge in [0, 0.05) is 42.9 Å². The van der Waals surface area contributed by atoms with Gasteiger partial charge in [0.2, 0.25) is 0 Å². The quantitative estimate of drug-likeness (QED) is 0.154. The van der Waals surface area contributed by atoms with Crippen LogP contribution < -0.4 is 45.8 Å². The Morgan fingerprint density at radius 2 is 1.16 bits per heavy atom. The molecule has 1 aliphatic carbocycles. The highest BCUT2D eigenvalue weighted by Gasteiger charge is 2.50. The van der Waals surface area contributed by atoms with Gasteiger partial charge >= 0.3 is 0 Å². The van der Waals surface area contributed by atoms with Crippen LogP contribution in [0.1, 0.15) is 75.3 Å². The fourth-order valence-electron chi connectivity index (χ4n) is 11.5. The first-order valence-corrected chi connectivity index (χ1v) is 23.6. The summed E-state index contributed by atoms with van der Waals surface area (Å²) in [6, 6.07) is 50.4. The van der Waals surface area contributed by atoms with Gasteiger partial charge in [0.25, 0.3) is 13.4 Å². The number of benzene rings is 7. The van der Waals surface area contributed by atoms with Crippen LogP contribution in [0.15, 0.2) is 133 Å². The predicted molar refractivity (Wildman–Crippen MR) is 264 cm³/mol. The molecule has 3 nitrogen and oxygen atoms in total. The maximum absolute atomic E-state index is 7.13. The number of ether oxygens (including phenoxy) is 2. The second kappa shape index (κ2) is 11.9. The van der Waals surface area contributed by atoms with E-state index >= 15 is 0 Å². The molecule has 0 saturated carbocycles. The number of thiophene rings is 2. The van der Waals surface area contributed by atoms with Gasteiger partial charge in [0.1, 0.15) is 23.0 Å². The number of hydrogen-bond donors (Lipinski definition) is 0. The molecule has 7 aromatic carbocycles.